The zero-order valence-electron chi connectivity index (χ0n) is 13.2. The van der Waals surface area contributed by atoms with Gasteiger partial charge >= 0.3 is 45.9 Å². The first-order chi connectivity index (χ1) is 9.87. The molecule has 8 heteroatoms. The van der Waals surface area contributed by atoms with Crippen molar-refractivity contribution in [3.05, 3.63) is 0 Å². The molecule has 1 unspecified atom stereocenters. The zero-order valence-corrected chi connectivity index (χ0v) is 14.0. The first-order valence-corrected chi connectivity index (χ1v) is 9.12. The number of carbonyl (C=O) groups excluding carboxylic acids is 1. The Balaban J connectivity index is 0. The van der Waals surface area contributed by atoms with Crippen LogP contribution in [0.1, 0.15) is 78.1 Å². The quantitative estimate of drug-likeness (QED) is 0.312. The predicted molar refractivity (Wildman–Crippen MR) is 88.7 cm³/mol. The molecule has 0 aromatic heterocycles. The number of carbonyl (C=O) groups is 1. The zero-order chi connectivity index (χ0) is 16.1. The van der Waals surface area contributed by atoms with E-state index in [2.05, 4.69) is 15.3 Å². The molecule has 0 heterocycles. The molecule has 0 radical (unpaired) electrons. The van der Waals surface area contributed by atoms with Crippen LogP contribution < -0.4 is 5.73 Å². The van der Waals surface area contributed by atoms with Crippen molar-refractivity contribution in [1.82, 2.24) is 0 Å². The Labute approximate surface area is 157 Å². The van der Waals surface area contributed by atoms with Crippen LogP contribution in [0.5, 0.6) is 0 Å². The Morgan fingerprint density at radius 3 is 1.91 bits per heavy atom. The normalized spacial score (nSPS) is 12.5. The average Bonchev–Trinajstić information content (AvgIpc) is 2.34. The summed E-state index contributed by atoms with van der Waals surface area (Å²) in [6.45, 7) is 3.53. The van der Waals surface area contributed by atoms with Crippen LogP contribution in [-0.2, 0) is 23.6 Å². The van der Waals surface area contributed by atoms with Gasteiger partial charge in [-0.1, -0.05) is 58.3 Å². The van der Waals surface area contributed by atoms with Gasteiger partial charge in [-0.2, -0.15) is 8.42 Å². The van der Waals surface area contributed by atoms with Crippen LogP contribution in [0, 0.1) is 0 Å². The van der Waals surface area contributed by atoms with Crippen LogP contribution >= 0.6 is 0 Å². The maximum absolute atomic E-state index is 11.3. The number of unbranched alkanes of at least 4 members (excludes halogenated alkanes) is 8. The molecular weight excluding hydrogens is 317 g/mol. The van der Waals surface area contributed by atoms with Crippen molar-refractivity contribution in [1.29, 1.82) is 0 Å². The first-order valence-electron chi connectivity index (χ1n) is 7.78. The molecule has 0 bridgehead atoms. The second-order valence-corrected chi connectivity index (χ2v) is 6.42. The van der Waals surface area contributed by atoms with Gasteiger partial charge < -0.3 is 9.92 Å². The third kappa shape index (κ3) is 16.7. The molecule has 2 N–H and O–H groups in total. The number of hydrogen-bond acceptors (Lipinski definition) is 6. The van der Waals surface area contributed by atoms with Crippen molar-refractivity contribution in [3.63, 3.8) is 0 Å². The molecule has 0 aliphatic carbocycles. The SMILES string of the molecule is CCCCCCCCCCCC(=O)OS(=O)(=O)OC(C)N.[NaH]. The summed E-state index contributed by atoms with van der Waals surface area (Å²) in [5.74, 6) is -0.793. The Morgan fingerprint density at radius 2 is 1.45 bits per heavy atom. The summed E-state index contributed by atoms with van der Waals surface area (Å²) in [4.78, 5) is 11.3. The Bertz CT molecular complexity index is 373. The Hall–Kier alpha value is 0.340. The predicted octanol–water partition coefficient (Wildman–Crippen LogP) is 2.37. The van der Waals surface area contributed by atoms with E-state index in [9.17, 15) is 13.2 Å². The van der Waals surface area contributed by atoms with E-state index in [1.807, 2.05) is 0 Å². The Morgan fingerprint density at radius 1 is 1.00 bits per heavy atom. The maximum atomic E-state index is 11.3. The molecule has 0 aliphatic rings. The molecular formula is C14H30NNaO5S. The van der Waals surface area contributed by atoms with Gasteiger partial charge in [0.1, 0.15) is 6.23 Å². The standard InChI is InChI=1S/C14H29NO5S.Na.H/c1-3-4-5-6-7-8-9-10-11-12-14(16)20-21(17,18)19-13(2)15;;/h13H,3-12,15H2,1-2H3;;. The molecule has 0 amide bonds. The number of rotatable bonds is 13. The van der Waals surface area contributed by atoms with E-state index in [0.29, 0.717) is 6.42 Å². The van der Waals surface area contributed by atoms with Crippen LogP contribution in [0.3, 0.4) is 0 Å². The van der Waals surface area contributed by atoms with Gasteiger partial charge in [-0.05, 0) is 13.3 Å². The van der Waals surface area contributed by atoms with E-state index in [1.54, 1.807) is 0 Å². The summed E-state index contributed by atoms with van der Waals surface area (Å²) in [5.41, 5.74) is 5.16. The molecule has 0 saturated carbocycles. The van der Waals surface area contributed by atoms with E-state index in [1.165, 1.54) is 39.0 Å². The molecule has 22 heavy (non-hydrogen) atoms. The molecule has 0 saturated heterocycles. The topological polar surface area (TPSA) is 95.7 Å². The van der Waals surface area contributed by atoms with E-state index in [0.717, 1.165) is 19.3 Å². The van der Waals surface area contributed by atoms with Crippen molar-refractivity contribution in [2.45, 2.75) is 84.3 Å². The first kappa shape index (κ1) is 24.6. The second-order valence-electron chi connectivity index (χ2n) is 5.24. The van der Waals surface area contributed by atoms with Gasteiger partial charge in [-0.3, -0.25) is 4.79 Å². The Kier molecular flexibility index (Phi) is 16.7. The fourth-order valence-corrected chi connectivity index (χ4v) is 2.66. The van der Waals surface area contributed by atoms with Crippen molar-refractivity contribution in [2.24, 2.45) is 5.73 Å². The van der Waals surface area contributed by atoms with Gasteiger partial charge in [0.15, 0.2) is 0 Å². The van der Waals surface area contributed by atoms with E-state index in [4.69, 9.17) is 5.73 Å². The molecule has 0 aliphatic heterocycles. The minimum absolute atomic E-state index is 0. The second kappa shape index (κ2) is 14.9. The van der Waals surface area contributed by atoms with Gasteiger partial charge in [0.05, 0.1) is 0 Å². The molecule has 1 atom stereocenters. The fraction of sp³-hybridized carbons (Fsp3) is 0.929. The van der Waals surface area contributed by atoms with Crippen molar-refractivity contribution in [2.75, 3.05) is 0 Å². The van der Waals surface area contributed by atoms with Crippen LogP contribution in [0.15, 0.2) is 0 Å². The summed E-state index contributed by atoms with van der Waals surface area (Å²) in [7, 11) is -4.31. The number of hydrogen-bond donors (Lipinski definition) is 1. The van der Waals surface area contributed by atoms with E-state index in [-0.39, 0.29) is 36.0 Å². The van der Waals surface area contributed by atoms with Crippen LogP contribution in [-0.4, -0.2) is 50.2 Å². The van der Waals surface area contributed by atoms with Gasteiger partial charge in [-0.15, -0.1) is 0 Å². The molecule has 128 valence electrons. The molecule has 0 fully saturated rings. The minimum atomic E-state index is -4.31. The van der Waals surface area contributed by atoms with Crippen molar-refractivity contribution >= 4 is 45.9 Å². The third-order valence-corrected chi connectivity index (χ3v) is 3.88. The van der Waals surface area contributed by atoms with Gasteiger partial charge in [-0.25, -0.2) is 4.18 Å². The summed E-state index contributed by atoms with van der Waals surface area (Å²) >= 11 is 0. The van der Waals surface area contributed by atoms with Gasteiger partial charge in [0.25, 0.3) is 0 Å². The van der Waals surface area contributed by atoms with Crippen LogP contribution in [0.2, 0.25) is 0 Å². The fourth-order valence-electron chi connectivity index (χ4n) is 1.94. The van der Waals surface area contributed by atoms with E-state index < -0.39 is 22.6 Å². The van der Waals surface area contributed by atoms with Crippen LogP contribution in [0.4, 0.5) is 0 Å². The van der Waals surface area contributed by atoms with Crippen molar-refractivity contribution in [3.8, 4) is 0 Å². The third-order valence-electron chi connectivity index (χ3n) is 2.95. The van der Waals surface area contributed by atoms with Gasteiger partial charge in [0, 0.05) is 6.42 Å². The van der Waals surface area contributed by atoms with Crippen molar-refractivity contribution < 1.29 is 21.6 Å². The van der Waals surface area contributed by atoms with Crippen LogP contribution in [0.25, 0.3) is 0 Å². The summed E-state index contributed by atoms with van der Waals surface area (Å²) < 4.78 is 30.9. The summed E-state index contributed by atoms with van der Waals surface area (Å²) in [6, 6.07) is 0. The van der Waals surface area contributed by atoms with Gasteiger partial charge in [0.2, 0.25) is 0 Å². The van der Waals surface area contributed by atoms with E-state index >= 15 is 0 Å². The molecule has 0 spiro atoms. The number of nitrogens with two attached hydrogens (primary N) is 1. The summed E-state index contributed by atoms with van der Waals surface area (Å²) in [6.07, 6.45) is 9.12. The molecule has 0 rings (SSSR count). The average molecular weight is 347 g/mol. The summed E-state index contributed by atoms with van der Waals surface area (Å²) in [5, 5.41) is 0. The molecule has 6 nitrogen and oxygen atoms in total. The molecule has 0 aromatic carbocycles. The molecule has 0 aromatic rings. The monoisotopic (exact) mass is 347 g/mol.